The quantitative estimate of drug-likeness (QED) is 0.0199. The van der Waals surface area contributed by atoms with Gasteiger partial charge in [0.05, 0.1) is 38.6 Å². The van der Waals surface area contributed by atoms with Gasteiger partial charge >= 0.3 is 0 Å². The first-order valence-corrected chi connectivity index (χ1v) is 40.3. The summed E-state index contributed by atoms with van der Waals surface area (Å²) in [5, 5.41) is 121. The lowest BCUT2D eigenvalue weighted by molar-refractivity contribution is -0.379. The van der Waals surface area contributed by atoms with Gasteiger partial charge in [-0.15, -0.1) is 0 Å². The van der Waals surface area contributed by atoms with Crippen LogP contribution in [-0.2, 0) is 33.2 Å². The van der Waals surface area contributed by atoms with Crippen LogP contribution in [0.5, 0.6) is 0 Å². The van der Waals surface area contributed by atoms with Crippen molar-refractivity contribution in [2.24, 2.45) is 0 Å². The van der Waals surface area contributed by atoms with E-state index in [1.807, 2.05) is 6.08 Å². The maximum Gasteiger partial charge on any atom is 0.220 e. The average molecular weight is 1460 g/mol. The molecule has 19 heteroatoms. The van der Waals surface area contributed by atoms with Gasteiger partial charge in [-0.25, -0.2) is 0 Å². The fourth-order valence-electron chi connectivity index (χ4n) is 12.8. The molecule has 103 heavy (non-hydrogen) atoms. The zero-order valence-electron chi connectivity index (χ0n) is 63.3. The Balaban J connectivity index is 1.32. The second-order valence-corrected chi connectivity index (χ2v) is 28.1. The molecule has 3 rings (SSSR count). The maximum absolute atomic E-state index is 13.5. The fraction of sp³-hybridized carbons (Fsp3) is 0.750. The van der Waals surface area contributed by atoms with E-state index in [2.05, 4.69) is 129 Å². The highest BCUT2D eigenvalue weighted by Gasteiger charge is 2.54. The molecule has 12 N–H and O–H groups in total. The van der Waals surface area contributed by atoms with E-state index in [9.17, 15) is 61.0 Å². The molecule has 0 radical (unpaired) electrons. The highest BCUT2D eigenvalue weighted by molar-refractivity contribution is 5.76. The molecule has 592 valence electrons. The van der Waals surface area contributed by atoms with Crippen molar-refractivity contribution in [2.45, 2.75) is 375 Å². The van der Waals surface area contributed by atoms with E-state index >= 15 is 0 Å². The fourth-order valence-corrected chi connectivity index (χ4v) is 12.8. The molecule has 17 atom stereocenters. The summed E-state index contributed by atoms with van der Waals surface area (Å²) in [6.45, 7) is 1.60. The maximum atomic E-state index is 13.5. The van der Waals surface area contributed by atoms with Crippen molar-refractivity contribution in [3.8, 4) is 0 Å². The Morgan fingerprint density at radius 1 is 0.359 bits per heavy atom. The highest BCUT2D eigenvalue weighted by Crippen LogP contribution is 2.33. The number of carbonyl (C=O) groups excluding carboxylic acids is 1. The SMILES string of the molecule is CC/C=C\C/C=C\C/C=C\C/C=C\C/C=C\C/C=C\C/C=C\C/C=C\CCCCCCCCCCCCCCCCCCC(=O)NC(COC1OC(CO)C(OC2OC(CO)C(OC3OC(CO)C(O)C(O)C3O)C(O)C2O)C(O)C1O)C(O)/C=C/CC/C=C/CCCCCCCCCCCCC. The molecule has 0 saturated carbocycles. The van der Waals surface area contributed by atoms with Gasteiger partial charge in [0.2, 0.25) is 5.91 Å². The predicted octanol–water partition coefficient (Wildman–Crippen LogP) is 13.5. The van der Waals surface area contributed by atoms with Gasteiger partial charge < -0.3 is 89.9 Å². The number of amides is 1. The topological polar surface area (TPSA) is 307 Å². The number of nitrogens with one attached hydrogen (secondary N) is 1. The second kappa shape index (κ2) is 63.2. The first kappa shape index (κ1) is 93.4. The normalized spacial score (nSPS) is 26.7. The first-order valence-electron chi connectivity index (χ1n) is 40.3. The summed E-state index contributed by atoms with van der Waals surface area (Å²) in [5.74, 6) is -0.287. The van der Waals surface area contributed by atoms with Crippen LogP contribution in [0.4, 0.5) is 0 Å². The Morgan fingerprint density at radius 3 is 1.09 bits per heavy atom. The van der Waals surface area contributed by atoms with Gasteiger partial charge in [0.15, 0.2) is 18.9 Å². The Morgan fingerprint density at radius 2 is 0.680 bits per heavy atom. The van der Waals surface area contributed by atoms with E-state index in [0.29, 0.717) is 12.8 Å². The van der Waals surface area contributed by atoms with Crippen molar-refractivity contribution in [2.75, 3.05) is 26.4 Å². The monoisotopic (exact) mass is 1450 g/mol. The van der Waals surface area contributed by atoms with Crippen LogP contribution in [0, 0.1) is 0 Å². The number of aliphatic hydroxyl groups excluding tert-OH is 11. The smallest absolute Gasteiger partial charge is 0.220 e. The van der Waals surface area contributed by atoms with Gasteiger partial charge in [-0.05, 0) is 96.3 Å². The van der Waals surface area contributed by atoms with Gasteiger partial charge in [-0.2, -0.15) is 0 Å². The molecule has 3 aliphatic rings. The number of hydrogen-bond acceptors (Lipinski definition) is 18. The van der Waals surface area contributed by atoms with Gasteiger partial charge in [-0.3, -0.25) is 4.79 Å². The van der Waals surface area contributed by atoms with Crippen molar-refractivity contribution >= 4 is 5.91 Å². The zero-order valence-corrected chi connectivity index (χ0v) is 63.3. The number of unbranched alkanes of at least 4 members (excludes halogenated alkanes) is 28. The third-order valence-electron chi connectivity index (χ3n) is 19.2. The lowest BCUT2D eigenvalue weighted by atomic mass is 9.96. The minimum atomic E-state index is -1.99. The van der Waals surface area contributed by atoms with E-state index in [-0.39, 0.29) is 18.9 Å². The van der Waals surface area contributed by atoms with Crippen LogP contribution in [-0.4, -0.2) is 193 Å². The van der Waals surface area contributed by atoms with Crippen LogP contribution in [0.15, 0.2) is 122 Å². The van der Waals surface area contributed by atoms with Crippen molar-refractivity contribution in [1.29, 1.82) is 0 Å². The van der Waals surface area contributed by atoms with E-state index in [4.69, 9.17) is 28.4 Å². The van der Waals surface area contributed by atoms with Crippen LogP contribution in [0.1, 0.15) is 271 Å². The third kappa shape index (κ3) is 43.1. The Labute approximate surface area is 620 Å². The third-order valence-corrected chi connectivity index (χ3v) is 19.2. The predicted molar refractivity (Wildman–Crippen MR) is 410 cm³/mol. The molecule has 17 unspecified atom stereocenters. The molecule has 3 saturated heterocycles. The lowest BCUT2D eigenvalue weighted by Crippen LogP contribution is -2.66. The largest absolute Gasteiger partial charge is 0.394 e. The van der Waals surface area contributed by atoms with E-state index < -0.39 is 124 Å². The number of allylic oxidation sites excluding steroid dienone is 19. The standard InChI is InChI=1S/C84H143NO18/c1-3-5-7-9-11-13-15-17-19-21-22-23-24-25-26-27-28-29-30-31-32-33-34-35-36-37-38-39-40-41-42-43-44-46-48-50-52-54-56-58-60-62-72(90)85-67(68(89)61-59-57-55-53-51-49-47-45-20-18-16-14-12-10-8-6-4-2)66-98-82-78(96)75(93)80(70(64-87)100-82)103-84-79(97)76(94)81(71(65-88)101-84)102-83-77(95)74(92)73(91)69(63-86)99-83/h5,7,11,13,17,19,22-23,25-26,28-29,31-32,34-35,51,53,59,61,67-71,73-84,86-89,91-97H,3-4,6,8-10,12,14-16,18,20-21,24,27,30,33,36-50,52,54-58,60,62-66H2,1-2H3,(H,85,90)/b7-5-,13-11-,19-17-,23-22-,26-25-,29-28-,32-31-,35-34-,53-51+,61-59+. The molecule has 0 aromatic rings. The second-order valence-electron chi connectivity index (χ2n) is 28.1. The van der Waals surface area contributed by atoms with Gasteiger partial charge in [-0.1, -0.05) is 289 Å². The molecule has 3 fully saturated rings. The number of rotatable bonds is 62. The molecular weight excluding hydrogens is 1310 g/mol. The minimum Gasteiger partial charge on any atom is -0.394 e. The van der Waals surface area contributed by atoms with Crippen molar-refractivity contribution < 1.29 is 89.4 Å². The van der Waals surface area contributed by atoms with Gasteiger partial charge in [0.25, 0.3) is 0 Å². The highest BCUT2D eigenvalue weighted by atomic mass is 16.8. The summed E-state index contributed by atoms with van der Waals surface area (Å²) in [6.07, 6.45) is 61.9. The van der Waals surface area contributed by atoms with E-state index in [1.54, 1.807) is 6.08 Å². The summed E-state index contributed by atoms with van der Waals surface area (Å²) in [7, 11) is 0. The van der Waals surface area contributed by atoms with Gasteiger partial charge in [0, 0.05) is 6.42 Å². The molecule has 0 aromatic carbocycles. The first-order chi connectivity index (χ1) is 50.3. The minimum absolute atomic E-state index is 0.231. The van der Waals surface area contributed by atoms with Crippen LogP contribution in [0.3, 0.4) is 0 Å². The lowest BCUT2D eigenvalue weighted by Gasteiger charge is -2.48. The van der Waals surface area contributed by atoms with Gasteiger partial charge in [0.1, 0.15) is 73.2 Å². The molecule has 19 nitrogen and oxygen atoms in total. The molecule has 0 aromatic heterocycles. The Bertz CT molecular complexity index is 2330. The molecule has 0 bridgehead atoms. The van der Waals surface area contributed by atoms with Crippen LogP contribution < -0.4 is 5.32 Å². The number of carbonyl (C=O) groups is 1. The average Bonchev–Trinajstić information content (AvgIpc) is 0.782. The van der Waals surface area contributed by atoms with Crippen LogP contribution >= 0.6 is 0 Å². The summed E-state index contributed by atoms with van der Waals surface area (Å²) in [4.78, 5) is 13.5. The van der Waals surface area contributed by atoms with Crippen molar-refractivity contribution in [3.63, 3.8) is 0 Å². The number of aliphatic hydroxyl groups is 11. The summed E-state index contributed by atoms with van der Waals surface area (Å²) < 4.78 is 34.4. The van der Waals surface area contributed by atoms with E-state index in [0.717, 1.165) is 89.9 Å². The van der Waals surface area contributed by atoms with Crippen molar-refractivity contribution in [1.82, 2.24) is 5.32 Å². The molecular formula is C84H143NO18. The number of hydrogen-bond donors (Lipinski definition) is 12. The Hall–Kier alpha value is -3.81. The zero-order chi connectivity index (χ0) is 74.6. The number of ether oxygens (including phenoxy) is 6. The molecule has 3 aliphatic heterocycles. The molecule has 0 spiro atoms. The summed E-state index contributed by atoms with van der Waals surface area (Å²) in [6, 6.07) is -0.996. The summed E-state index contributed by atoms with van der Waals surface area (Å²) >= 11 is 0. The van der Waals surface area contributed by atoms with Crippen LogP contribution in [0.2, 0.25) is 0 Å². The molecule has 0 aliphatic carbocycles. The van der Waals surface area contributed by atoms with Crippen LogP contribution in [0.25, 0.3) is 0 Å². The van der Waals surface area contributed by atoms with E-state index in [1.165, 1.54) is 148 Å². The molecule has 3 heterocycles. The van der Waals surface area contributed by atoms with Crippen molar-refractivity contribution in [3.05, 3.63) is 122 Å². The Kier molecular flexibility index (Phi) is 57.3. The summed E-state index contributed by atoms with van der Waals surface area (Å²) in [5.41, 5.74) is 0. The molecule has 1 amide bonds.